The van der Waals surface area contributed by atoms with Crippen LogP contribution in [0.5, 0.6) is 0 Å². The topological polar surface area (TPSA) is 116 Å². The molecule has 96 valence electrons. The van der Waals surface area contributed by atoms with Crippen molar-refractivity contribution in [3.05, 3.63) is 0 Å². The molecular weight excluding hydrogens is 257 g/mol. The van der Waals surface area contributed by atoms with E-state index in [1.165, 1.54) is 4.72 Å². The second-order valence-corrected chi connectivity index (χ2v) is 4.16. The largest absolute Gasteiger partial charge is 0.480 e. The van der Waals surface area contributed by atoms with Crippen molar-refractivity contribution < 1.29 is 36.6 Å². The van der Waals surface area contributed by atoms with Crippen LogP contribution in [0.15, 0.2) is 0 Å². The van der Waals surface area contributed by atoms with Crippen molar-refractivity contribution in [3.63, 3.8) is 0 Å². The van der Waals surface area contributed by atoms with Crippen molar-refractivity contribution in [1.29, 1.82) is 0 Å². The number of carbonyl (C=O) groups is 1. The van der Waals surface area contributed by atoms with E-state index in [0.29, 0.717) is 0 Å². The molecule has 0 saturated carbocycles. The van der Waals surface area contributed by atoms with Crippen molar-refractivity contribution in [3.8, 4) is 0 Å². The van der Waals surface area contributed by atoms with Gasteiger partial charge in [0.05, 0.1) is 6.61 Å². The van der Waals surface area contributed by atoms with Gasteiger partial charge in [-0.2, -0.15) is 31.0 Å². The highest BCUT2D eigenvalue weighted by atomic mass is 32.2. The van der Waals surface area contributed by atoms with Crippen LogP contribution in [0.2, 0.25) is 0 Å². The molecule has 16 heavy (non-hydrogen) atoms. The summed E-state index contributed by atoms with van der Waals surface area (Å²) < 4.78 is 59.0. The second kappa shape index (κ2) is 5.43. The van der Waals surface area contributed by atoms with Gasteiger partial charge in [-0.05, 0) is 0 Å². The van der Waals surface area contributed by atoms with Crippen LogP contribution in [-0.2, 0) is 15.0 Å². The average Bonchev–Trinajstić information content (AvgIpc) is 2.10. The van der Waals surface area contributed by atoms with Crippen LogP contribution < -0.4 is 9.44 Å². The van der Waals surface area contributed by atoms with Crippen molar-refractivity contribution >= 4 is 16.2 Å². The second-order valence-electron chi connectivity index (χ2n) is 2.63. The van der Waals surface area contributed by atoms with Gasteiger partial charge in [0.2, 0.25) is 0 Å². The molecule has 0 amide bonds. The highest BCUT2D eigenvalue weighted by Gasteiger charge is 2.31. The molecule has 0 aliphatic carbocycles. The number of carboxylic acid groups (broad SMARTS) is 1. The van der Waals surface area contributed by atoms with Gasteiger partial charge in [-0.3, -0.25) is 4.79 Å². The number of carboxylic acids is 1. The molecule has 0 aromatic heterocycles. The van der Waals surface area contributed by atoms with E-state index in [1.54, 1.807) is 0 Å². The van der Waals surface area contributed by atoms with E-state index in [0.717, 1.165) is 4.72 Å². The molecule has 1 atom stereocenters. The van der Waals surface area contributed by atoms with Crippen LogP contribution in [-0.4, -0.2) is 50.0 Å². The van der Waals surface area contributed by atoms with E-state index in [1.807, 2.05) is 0 Å². The zero-order valence-corrected chi connectivity index (χ0v) is 8.47. The minimum Gasteiger partial charge on any atom is -0.480 e. The molecule has 0 unspecified atom stereocenters. The maximum atomic E-state index is 11.6. The minimum atomic E-state index is -4.76. The fourth-order valence-corrected chi connectivity index (χ4v) is 1.56. The number of hydrogen-bond donors (Lipinski definition) is 4. The Kier molecular flexibility index (Phi) is 5.12. The molecule has 0 spiro atoms. The van der Waals surface area contributed by atoms with Gasteiger partial charge < -0.3 is 10.2 Å². The Morgan fingerprint density at radius 3 is 2.19 bits per heavy atom. The fourth-order valence-electron chi connectivity index (χ4n) is 0.572. The van der Waals surface area contributed by atoms with Crippen LogP contribution in [0.1, 0.15) is 0 Å². The summed E-state index contributed by atoms with van der Waals surface area (Å²) in [5.41, 5.74) is 0. The molecule has 7 nitrogen and oxygen atoms in total. The van der Waals surface area contributed by atoms with Gasteiger partial charge in [-0.15, -0.1) is 0 Å². The first-order chi connectivity index (χ1) is 7.07. The van der Waals surface area contributed by atoms with Crippen LogP contribution in [0.25, 0.3) is 0 Å². The van der Waals surface area contributed by atoms with Crippen LogP contribution in [0.4, 0.5) is 13.2 Å². The summed E-state index contributed by atoms with van der Waals surface area (Å²) in [4.78, 5) is 10.3. The van der Waals surface area contributed by atoms with Gasteiger partial charge in [0.1, 0.15) is 12.6 Å². The van der Waals surface area contributed by atoms with E-state index in [9.17, 15) is 26.4 Å². The van der Waals surface area contributed by atoms with Crippen molar-refractivity contribution in [2.45, 2.75) is 12.2 Å². The van der Waals surface area contributed by atoms with Crippen molar-refractivity contribution in [1.82, 2.24) is 9.44 Å². The minimum absolute atomic E-state index is 1.08. The molecular formula is C5H9F3N2O5S. The zero-order valence-electron chi connectivity index (χ0n) is 7.65. The van der Waals surface area contributed by atoms with Crippen molar-refractivity contribution in [2.75, 3.05) is 13.2 Å². The molecule has 0 aliphatic heterocycles. The fraction of sp³-hybridized carbons (Fsp3) is 0.800. The first-order valence-corrected chi connectivity index (χ1v) is 5.23. The Morgan fingerprint density at radius 1 is 1.38 bits per heavy atom. The number of aliphatic hydroxyl groups is 1. The number of aliphatic hydroxyl groups excluding tert-OH is 1. The quantitative estimate of drug-likeness (QED) is 0.463. The SMILES string of the molecule is O=C(O)[C@H](CO)NS(=O)(=O)NCC(F)(F)F. The molecule has 0 aliphatic rings. The lowest BCUT2D eigenvalue weighted by Gasteiger charge is -2.13. The molecule has 0 aromatic carbocycles. The van der Waals surface area contributed by atoms with E-state index in [2.05, 4.69) is 0 Å². The molecule has 0 heterocycles. The molecule has 0 bridgehead atoms. The monoisotopic (exact) mass is 266 g/mol. The smallest absolute Gasteiger partial charge is 0.402 e. The van der Waals surface area contributed by atoms with Crippen LogP contribution in [0, 0.1) is 0 Å². The molecule has 11 heteroatoms. The lowest BCUT2D eigenvalue weighted by atomic mass is 10.3. The summed E-state index contributed by atoms with van der Waals surface area (Å²) in [6.45, 7) is -2.91. The van der Waals surface area contributed by atoms with Crippen LogP contribution in [0.3, 0.4) is 0 Å². The molecule has 0 aromatic rings. The van der Waals surface area contributed by atoms with E-state index < -0.39 is 41.5 Å². The normalized spacial score (nSPS) is 14.8. The highest BCUT2D eigenvalue weighted by Crippen LogP contribution is 2.12. The highest BCUT2D eigenvalue weighted by molar-refractivity contribution is 7.87. The maximum absolute atomic E-state index is 11.6. The zero-order chi connectivity index (χ0) is 13.0. The first kappa shape index (κ1) is 15.1. The predicted octanol–water partition coefficient (Wildman–Crippen LogP) is -1.58. The standard InChI is InChI=1S/C5H9F3N2O5S/c6-5(7,8)2-9-16(14,15)10-3(1-11)4(12)13/h3,9-11H,1-2H2,(H,12,13)/t3-/m0/s1. The summed E-state index contributed by atoms with van der Waals surface area (Å²) in [5.74, 6) is -1.71. The first-order valence-electron chi connectivity index (χ1n) is 3.75. The Labute approximate surface area is 88.4 Å². The summed E-state index contributed by atoms with van der Waals surface area (Å²) >= 11 is 0. The number of alkyl halides is 3. The number of aliphatic carboxylic acids is 1. The molecule has 0 radical (unpaired) electrons. The average molecular weight is 266 g/mol. The Balaban J connectivity index is 4.41. The third-order valence-electron chi connectivity index (χ3n) is 1.24. The maximum Gasteiger partial charge on any atom is 0.402 e. The lowest BCUT2D eigenvalue weighted by Crippen LogP contribution is -2.49. The van der Waals surface area contributed by atoms with E-state index in [4.69, 9.17) is 10.2 Å². The predicted molar refractivity (Wildman–Crippen MR) is 44.6 cm³/mol. The number of rotatable bonds is 6. The lowest BCUT2D eigenvalue weighted by molar-refractivity contribution is -0.139. The Bertz CT molecular complexity index is 340. The summed E-state index contributed by atoms with van der Waals surface area (Å²) in [7, 11) is -4.63. The van der Waals surface area contributed by atoms with Crippen molar-refractivity contribution in [2.24, 2.45) is 0 Å². The molecule has 0 saturated heterocycles. The molecule has 0 fully saturated rings. The van der Waals surface area contributed by atoms with E-state index >= 15 is 0 Å². The van der Waals surface area contributed by atoms with Gasteiger partial charge in [0, 0.05) is 0 Å². The van der Waals surface area contributed by atoms with Gasteiger partial charge >= 0.3 is 12.1 Å². The van der Waals surface area contributed by atoms with Crippen LogP contribution >= 0.6 is 0 Å². The number of hydrogen-bond acceptors (Lipinski definition) is 4. The van der Waals surface area contributed by atoms with Gasteiger partial charge in [0.25, 0.3) is 10.2 Å². The number of nitrogens with one attached hydrogen (secondary N) is 2. The number of halogens is 3. The Hall–Kier alpha value is -0.910. The molecule has 0 rings (SSSR count). The third kappa shape index (κ3) is 6.55. The Morgan fingerprint density at radius 2 is 1.88 bits per heavy atom. The summed E-state index contributed by atoms with van der Waals surface area (Å²) in [6, 6.07) is -1.90. The summed E-state index contributed by atoms with van der Waals surface area (Å²) in [5, 5.41) is 16.8. The molecule has 4 N–H and O–H groups in total. The summed E-state index contributed by atoms with van der Waals surface area (Å²) in [6.07, 6.45) is -4.76. The van der Waals surface area contributed by atoms with E-state index in [-0.39, 0.29) is 0 Å². The van der Waals surface area contributed by atoms with Gasteiger partial charge in [0.15, 0.2) is 0 Å². The third-order valence-corrected chi connectivity index (χ3v) is 2.36. The van der Waals surface area contributed by atoms with Gasteiger partial charge in [-0.25, -0.2) is 0 Å². The van der Waals surface area contributed by atoms with Gasteiger partial charge in [-0.1, -0.05) is 0 Å².